The molecular formula is C20H12BrN3O3S. The Bertz CT molecular complexity index is 1280. The summed E-state index contributed by atoms with van der Waals surface area (Å²) in [7, 11) is 0. The second-order valence-corrected chi connectivity index (χ2v) is 7.77. The average Bonchev–Trinajstić information content (AvgIpc) is 3.35. The molecule has 0 aliphatic carbocycles. The number of hydrogen-bond acceptors (Lipinski definition) is 6. The number of fused-ring (bicyclic) bond motifs is 2. The Morgan fingerprint density at radius 3 is 2.79 bits per heavy atom. The quantitative estimate of drug-likeness (QED) is 0.428. The first kappa shape index (κ1) is 17.2. The SMILES string of the molecule is O=c1c2c(-c3ccccc3)csc2ncn1/N=C\c1cc2c(cc1Br)OCO2. The number of benzene rings is 2. The van der Waals surface area contributed by atoms with E-state index in [-0.39, 0.29) is 12.4 Å². The highest BCUT2D eigenvalue weighted by atomic mass is 79.9. The summed E-state index contributed by atoms with van der Waals surface area (Å²) in [6.45, 7) is 0.197. The molecule has 28 heavy (non-hydrogen) atoms. The van der Waals surface area contributed by atoms with Gasteiger partial charge in [-0.25, -0.2) is 4.98 Å². The molecule has 5 rings (SSSR count). The zero-order valence-electron chi connectivity index (χ0n) is 14.3. The van der Waals surface area contributed by atoms with E-state index in [1.807, 2.05) is 47.8 Å². The van der Waals surface area contributed by atoms with Crippen LogP contribution in [0.2, 0.25) is 0 Å². The van der Waals surface area contributed by atoms with Crippen LogP contribution >= 0.6 is 27.3 Å². The molecule has 0 atom stereocenters. The van der Waals surface area contributed by atoms with Crippen molar-refractivity contribution in [2.24, 2.45) is 5.10 Å². The van der Waals surface area contributed by atoms with Crippen LogP contribution in [0.15, 0.2) is 68.5 Å². The van der Waals surface area contributed by atoms with Crippen LogP contribution in [0.25, 0.3) is 21.3 Å². The first-order chi connectivity index (χ1) is 13.7. The molecule has 0 radical (unpaired) electrons. The van der Waals surface area contributed by atoms with Crippen molar-refractivity contribution in [3.05, 3.63) is 74.6 Å². The molecule has 0 fully saturated rings. The fourth-order valence-electron chi connectivity index (χ4n) is 2.99. The standard InChI is InChI=1S/C20H12BrN3O3S/c21-15-7-17-16(26-11-27-17)6-13(15)8-23-24-10-22-19-18(20(24)25)14(9-28-19)12-4-2-1-3-5-12/h1-10H,11H2/b23-8-. The number of aromatic nitrogens is 2. The number of thiophene rings is 1. The number of ether oxygens (including phenoxy) is 2. The van der Waals surface area contributed by atoms with Gasteiger partial charge in [0.15, 0.2) is 11.5 Å². The van der Waals surface area contributed by atoms with Crippen molar-refractivity contribution in [3.63, 3.8) is 0 Å². The van der Waals surface area contributed by atoms with E-state index in [2.05, 4.69) is 26.0 Å². The molecule has 6 nitrogen and oxygen atoms in total. The van der Waals surface area contributed by atoms with Gasteiger partial charge in [0.1, 0.15) is 11.2 Å². The molecule has 1 aliphatic rings. The monoisotopic (exact) mass is 453 g/mol. The highest BCUT2D eigenvalue weighted by Crippen LogP contribution is 2.36. The molecule has 3 heterocycles. The minimum absolute atomic E-state index is 0.197. The maximum atomic E-state index is 13.0. The summed E-state index contributed by atoms with van der Waals surface area (Å²) in [6.07, 6.45) is 3.03. The molecule has 8 heteroatoms. The molecule has 138 valence electrons. The molecule has 4 aromatic rings. The number of rotatable bonds is 3. The summed E-state index contributed by atoms with van der Waals surface area (Å²) < 4.78 is 12.8. The predicted molar refractivity (Wildman–Crippen MR) is 113 cm³/mol. The van der Waals surface area contributed by atoms with Gasteiger partial charge in [0.05, 0.1) is 11.6 Å². The van der Waals surface area contributed by atoms with E-state index in [4.69, 9.17) is 9.47 Å². The molecule has 1 aliphatic heterocycles. The van der Waals surface area contributed by atoms with Crippen LogP contribution in [0.1, 0.15) is 5.56 Å². The summed E-state index contributed by atoms with van der Waals surface area (Å²) in [5, 5.41) is 6.85. The van der Waals surface area contributed by atoms with Crippen molar-refractivity contribution >= 4 is 43.7 Å². The van der Waals surface area contributed by atoms with E-state index >= 15 is 0 Å². The van der Waals surface area contributed by atoms with Gasteiger partial charge >= 0.3 is 0 Å². The van der Waals surface area contributed by atoms with Gasteiger partial charge in [0, 0.05) is 21.0 Å². The van der Waals surface area contributed by atoms with Gasteiger partial charge in [-0.05, 0) is 33.6 Å². The second-order valence-electron chi connectivity index (χ2n) is 6.06. The Morgan fingerprint density at radius 1 is 1.18 bits per heavy atom. The van der Waals surface area contributed by atoms with Crippen LogP contribution in [-0.2, 0) is 0 Å². The lowest BCUT2D eigenvalue weighted by Crippen LogP contribution is -2.16. The highest BCUT2D eigenvalue weighted by Gasteiger charge is 2.16. The summed E-state index contributed by atoms with van der Waals surface area (Å²) in [6, 6.07) is 13.4. The molecule has 0 amide bonds. The van der Waals surface area contributed by atoms with Crippen LogP contribution < -0.4 is 15.0 Å². The zero-order valence-corrected chi connectivity index (χ0v) is 16.7. The van der Waals surface area contributed by atoms with Crippen LogP contribution in [0.3, 0.4) is 0 Å². The normalized spacial score (nSPS) is 12.9. The average molecular weight is 454 g/mol. The van der Waals surface area contributed by atoms with Crippen molar-refractivity contribution in [1.29, 1.82) is 0 Å². The van der Waals surface area contributed by atoms with Gasteiger partial charge < -0.3 is 9.47 Å². The lowest BCUT2D eigenvalue weighted by molar-refractivity contribution is 0.174. The van der Waals surface area contributed by atoms with E-state index in [1.165, 1.54) is 22.3 Å². The number of nitrogens with zero attached hydrogens (tertiary/aromatic N) is 3. The van der Waals surface area contributed by atoms with Gasteiger partial charge in [0.25, 0.3) is 5.56 Å². The Kier molecular flexibility index (Phi) is 4.22. The molecule has 0 unspecified atom stereocenters. The maximum Gasteiger partial charge on any atom is 0.283 e. The molecular weight excluding hydrogens is 442 g/mol. The largest absolute Gasteiger partial charge is 0.454 e. The lowest BCUT2D eigenvalue weighted by atomic mass is 10.1. The van der Waals surface area contributed by atoms with Crippen molar-refractivity contribution in [2.45, 2.75) is 0 Å². The highest BCUT2D eigenvalue weighted by molar-refractivity contribution is 9.10. The van der Waals surface area contributed by atoms with Gasteiger partial charge in [0.2, 0.25) is 6.79 Å². The third kappa shape index (κ3) is 2.90. The molecule has 0 spiro atoms. The van der Waals surface area contributed by atoms with E-state index in [1.54, 1.807) is 6.21 Å². The Balaban J connectivity index is 1.58. The first-order valence-electron chi connectivity index (χ1n) is 8.38. The van der Waals surface area contributed by atoms with Crippen molar-refractivity contribution in [3.8, 4) is 22.6 Å². The van der Waals surface area contributed by atoms with Gasteiger partial charge in [-0.3, -0.25) is 4.79 Å². The number of hydrogen-bond donors (Lipinski definition) is 0. The number of halogens is 1. The van der Waals surface area contributed by atoms with E-state index < -0.39 is 0 Å². The first-order valence-corrected chi connectivity index (χ1v) is 10.1. The molecule has 0 saturated heterocycles. The summed E-state index contributed by atoms with van der Waals surface area (Å²) >= 11 is 4.94. The van der Waals surface area contributed by atoms with Gasteiger partial charge in [-0.1, -0.05) is 30.3 Å². The maximum absolute atomic E-state index is 13.0. The second kappa shape index (κ2) is 6.88. The minimum atomic E-state index is -0.210. The van der Waals surface area contributed by atoms with E-state index in [0.29, 0.717) is 21.7 Å². The third-order valence-corrected chi connectivity index (χ3v) is 5.95. The van der Waals surface area contributed by atoms with Gasteiger partial charge in [-0.15, -0.1) is 11.3 Å². The Hall–Kier alpha value is -2.97. The smallest absolute Gasteiger partial charge is 0.283 e. The topological polar surface area (TPSA) is 65.7 Å². The molecule has 2 aromatic carbocycles. The van der Waals surface area contributed by atoms with Crippen molar-refractivity contribution in [2.75, 3.05) is 6.79 Å². The fourth-order valence-corrected chi connectivity index (χ4v) is 4.32. The molecule has 0 bridgehead atoms. The van der Waals surface area contributed by atoms with Crippen molar-refractivity contribution in [1.82, 2.24) is 9.66 Å². The Labute approximate surface area is 171 Å². The zero-order chi connectivity index (χ0) is 19.1. The van der Waals surface area contributed by atoms with Gasteiger partial charge in [-0.2, -0.15) is 9.78 Å². The van der Waals surface area contributed by atoms with Crippen LogP contribution in [-0.4, -0.2) is 22.7 Å². The molecule has 2 aromatic heterocycles. The summed E-state index contributed by atoms with van der Waals surface area (Å²) in [4.78, 5) is 18.1. The van der Waals surface area contributed by atoms with E-state index in [0.717, 1.165) is 21.2 Å². The van der Waals surface area contributed by atoms with E-state index in [9.17, 15) is 4.79 Å². The van der Waals surface area contributed by atoms with Crippen LogP contribution in [0, 0.1) is 0 Å². The molecule has 0 saturated carbocycles. The summed E-state index contributed by atoms with van der Waals surface area (Å²) in [5.74, 6) is 1.32. The van der Waals surface area contributed by atoms with Crippen molar-refractivity contribution < 1.29 is 9.47 Å². The fraction of sp³-hybridized carbons (Fsp3) is 0.0500. The lowest BCUT2D eigenvalue weighted by Gasteiger charge is -2.03. The van der Waals surface area contributed by atoms with Crippen LogP contribution in [0.5, 0.6) is 11.5 Å². The molecule has 0 N–H and O–H groups in total. The summed E-state index contributed by atoms with van der Waals surface area (Å²) in [5.41, 5.74) is 2.41. The van der Waals surface area contributed by atoms with Crippen LogP contribution in [0.4, 0.5) is 0 Å². The predicted octanol–water partition coefficient (Wildman–Crippen LogP) is 4.50. The Morgan fingerprint density at radius 2 is 1.96 bits per heavy atom. The minimum Gasteiger partial charge on any atom is -0.454 e. The third-order valence-electron chi connectivity index (χ3n) is 4.38.